The van der Waals surface area contributed by atoms with E-state index < -0.39 is 0 Å². The van der Waals surface area contributed by atoms with Crippen molar-refractivity contribution in [2.45, 2.75) is 0 Å². The van der Waals surface area contributed by atoms with Gasteiger partial charge in [-0.05, 0) is 41.5 Å². The maximum absolute atomic E-state index is 4.06. The molecule has 0 aliphatic carbocycles. The lowest BCUT2D eigenvalue weighted by molar-refractivity contribution is 1.33. The van der Waals surface area contributed by atoms with E-state index in [0.29, 0.717) is 0 Å². The lowest BCUT2D eigenvalue weighted by Gasteiger charge is -2.03. The van der Waals surface area contributed by atoms with Crippen LogP contribution >= 0.6 is 0 Å². The Bertz CT molecular complexity index is 750. The molecule has 94 valence electrons. The van der Waals surface area contributed by atoms with E-state index in [0.717, 1.165) is 22.3 Å². The van der Waals surface area contributed by atoms with Crippen LogP contribution in [0.25, 0.3) is 11.1 Å². The van der Waals surface area contributed by atoms with Gasteiger partial charge in [0.15, 0.2) is 0 Å². The second kappa shape index (κ2) is 5.86. The van der Waals surface area contributed by atoms with Gasteiger partial charge in [-0.2, -0.15) is 0 Å². The highest BCUT2D eigenvalue weighted by molar-refractivity contribution is 5.71. The minimum atomic E-state index is 1.03. The van der Waals surface area contributed by atoms with Crippen molar-refractivity contribution in [3.8, 4) is 23.0 Å². The summed E-state index contributed by atoms with van der Waals surface area (Å²) in [7, 11) is 0. The van der Waals surface area contributed by atoms with Gasteiger partial charge in [0, 0.05) is 23.5 Å². The van der Waals surface area contributed by atoms with Gasteiger partial charge in [0.25, 0.3) is 0 Å². The van der Waals surface area contributed by atoms with Crippen LogP contribution in [0.3, 0.4) is 0 Å². The standard InChI is InChI=1S/C19H13N/c1-2-6-16(7-3-1)10-11-17-8-4-5-9-19(17)18-12-14-20-15-13-18/h1-9,12-15H. The van der Waals surface area contributed by atoms with E-state index in [2.05, 4.69) is 22.9 Å². The molecule has 3 aromatic rings. The highest BCUT2D eigenvalue weighted by Gasteiger charge is 2.01. The molecule has 1 heterocycles. The molecule has 0 aliphatic rings. The van der Waals surface area contributed by atoms with Crippen molar-refractivity contribution in [2.24, 2.45) is 0 Å². The van der Waals surface area contributed by atoms with Gasteiger partial charge in [0.05, 0.1) is 0 Å². The molecule has 1 nitrogen and oxygen atoms in total. The van der Waals surface area contributed by atoms with Crippen LogP contribution in [0.5, 0.6) is 0 Å². The average Bonchev–Trinajstić information content (AvgIpc) is 2.55. The fourth-order valence-corrected chi connectivity index (χ4v) is 2.04. The molecule has 2 aromatic carbocycles. The predicted molar refractivity (Wildman–Crippen MR) is 82.1 cm³/mol. The van der Waals surface area contributed by atoms with E-state index >= 15 is 0 Å². The van der Waals surface area contributed by atoms with Gasteiger partial charge in [-0.1, -0.05) is 48.2 Å². The summed E-state index contributed by atoms with van der Waals surface area (Å²) < 4.78 is 0. The molecule has 20 heavy (non-hydrogen) atoms. The summed E-state index contributed by atoms with van der Waals surface area (Å²) in [5.74, 6) is 6.46. The Morgan fingerprint density at radius 1 is 0.650 bits per heavy atom. The van der Waals surface area contributed by atoms with E-state index in [-0.39, 0.29) is 0 Å². The van der Waals surface area contributed by atoms with Crippen molar-refractivity contribution in [3.63, 3.8) is 0 Å². The first-order valence-corrected chi connectivity index (χ1v) is 6.50. The third kappa shape index (κ3) is 2.76. The van der Waals surface area contributed by atoms with Gasteiger partial charge in [-0.25, -0.2) is 0 Å². The van der Waals surface area contributed by atoms with Crippen molar-refractivity contribution < 1.29 is 0 Å². The Balaban J connectivity index is 2.02. The quantitative estimate of drug-likeness (QED) is 0.595. The highest BCUT2D eigenvalue weighted by Crippen LogP contribution is 2.22. The van der Waals surface area contributed by atoms with Crippen molar-refractivity contribution in [2.75, 3.05) is 0 Å². The maximum Gasteiger partial charge on any atom is 0.0327 e. The van der Waals surface area contributed by atoms with E-state index in [1.54, 1.807) is 12.4 Å². The first-order valence-electron chi connectivity index (χ1n) is 6.50. The Morgan fingerprint density at radius 3 is 2.15 bits per heavy atom. The monoisotopic (exact) mass is 255 g/mol. The fraction of sp³-hybridized carbons (Fsp3) is 0. The molecule has 1 aromatic heterocycles. The Labute approximate surface area is 118 Å². The van der Waals surface area contributed by atoms with Crippen LogP contribution in [0.2, 0.25) is 0 Å². The van der Waals surface area contributed by atoms with Crippen molar-refractivity contribution >= 4 is 0 Å². The zero-order valence-corrected chi connectivity index (χ0v) is 11.0. The van der Waals surface area contributed by atoms with Crippen LogP contribution in [-0.2, 0) is 0 Å². The molecule has 3 rings (SSSR count). The van der Waals surface area contributed by atoms with Crippen LogP contribution in [-0.4, -0.2) is 4.98 Å². The zero-order chi connectivity index (χ0) is 13.6. The van der Waals surface area contributed by atoms with Gasteiger partial charge >= 0.3 is 0 Å². The summed E-state index contributed by atoms with van der Waals surface area (Å²) in [6.07, 6.45) is 3.60. The smallest absolute Gasteiger partial charge is 0.0327 e. The minimum Gasteiger partial charge on any atom is -0.265 e. The third-order valence-corrected chi connectivity index (χ3v) is 3.03. The normalized spacial score (nSPS) is 9.60. The van der Waals surface area contributed by atoms with Gasteiger partial charge in [-0.3, -0.25) is 4.98 Å². The third-order valence-electron chi connectivity index (χ3n) is 3.03. The Morgan fingerprint density at radius 2 is 1.35 bits per heavy atom. The molecular formula is C19H13N. The van der Waals surface area contributed by atoms with Gasteiger partial charge < -0.3 is 0 Å². The zero-order valence-electron chi connectivity index (χ0n) is 11.0. The highest BCUT2D eigenvalue weighted by atomic mass is 14.6. The van der Waals surface area contributed by atoms with Crippen molar-refractivity contribution in [1.29, 1.82) is 0 Å². The molecule has 0 saturated carbocycles. The first-order chi connectivity index (χ1) is 9.93. The minimum absolute atomic E-state index is 1.03. The molecule has 0 N–H and O–H groups in total. The lowest BCUT2D eigenvalue weighted by atomic mass is 10.0. The Kier molecular flexibility index (Phi) is 3.57. The molecule has 0 bridgehead atoms. The SMILES string of the molecule is C(#Cc1ccccc1-c1ccncc1)c1ccccc1. The maximum atomic E-state index is 4.06. The van der Waals surface area contributed by atoms with Crippen LogP contribution < -0.4 is 0 Å². The molecule has 0 spiro atoms. The van der Waals surface area contributed by atoms with Crippen LogP contribution in [0.1, 0.15) is 11.1 Å². The first kappa shape index (κ1) is 12.2. The molecule has 0 saturated heterocycles. The largest absolute Gasteiger partial charge is 0.265 e. The fourth-order valence-electron chi connectivity index (χ4n) is 2.04. The lowest BCUT2D eigenvalue weighted by Crippen LogP contribution is -1.84. The summed E-state index contributed by atoms with van der Waals surface area (Å²) in [4.78, 5) is 4.06. The van der Waals surface area contributed by atoms with Crippen LogP contribution in [0, 0.1) is 11.8 Å². The number of nitrogens with zero attached hydrogens (tertiary/aromatic N) is 1. The number of aromatic nitrogens is 1. The summed E-state index contributed by atoms with van der Waals surface area (Å²) >= 11 is 0. The van der Waals surface area contributed by atoms with Crippen LogP contribution in [0.15, 0.2) is 79.1 Å². The number of benzene rings is 2. The van der Waals surface area contributed by atoms with Crippen molar-refractivity contribution in [1.82, 2.24) is 4.98 Å². The number of hydrogen-bond acceptors (Lipinski definition) is 1. The second-order valence-electron chi connectivity index (χ2n) is 4.40. The average molecular weight is 255 g/mol. The number of rotatable bonds is 1. The molecule has 1 heteroatoms. The van der Waals surface area contributed by atoms with E-state index in [1.165, 1.54) is 0 Å². The molecule has 0 unspecified atom stereocenters. The number of hydrogen-bond donors (Lipinski definition) is 0. The van der Waals surface area contributed by atoms with Crippen LogP contribution in [0.4, 0.5) is 0 Å². The summed E-state index contributed by atoms with van der Waals surface area (Å²) in [5.41, 5.74) is 4.33. The van der Waals surface area contributed by atoms with E-state index in [4.69, 9.17) is 0 Å². The molecule has 0 aliphatic heterocycles. The number of pyridine rings is 1. The second-order valence-corrected chi connectivity index (χ2v) is 4.40. The summed E-state index contributed by atoms with van der Waals surface area (Å²) in [5, 5.41) is 0. The molecule has 0 radical (unpaired) electrons. The van der Waals surface area contributed by atoms with E-state index in [9.17, 15) is 0 Å². The topological polar surface area (TPSA) is 12.9 Å². The van der Waals surface area contributed by atoms with Gasteiger partial charge in [0.1, 0.15) is 0 Å². The molecule has 0 amide bonds. The van der Waals surface area contributed by atoms with E-state index in [1.807, 2.05) is 60.7 Å². The summed E-state index contributed by atoms with van der Waals surface area (Å²) in [6.45, 7) is 0. The van der Waals surface area contributed by atoms with Crippen molar-refractivity contribution in [3.05, 3.63) is 90.3 Å². The van der Waals surface area contributed by atoms with Gasteiger partial charge in [0.2, 0.25) is 0 Å². The Hall–Kier alpha value is -2.85. The molecule has 0 atom stereocenters. The van der Waals surface area contributed by atoms with Gasteiger partial charge in [-0.15, -0.1) is 0 Å². The summed E-state index contributed by atoms with van der Waals surface area (Å²) in [6, 6.07) is 22.2. The predicted octanol–water partition coefficient (Wildman–Crippen LogP) is 4.15. The molecule has 0 fully saturated rings. The molecular weight excluding hydrogens is 242 g/mol.